The van der Waals surface area contributed by atoms with E-state index in [-0.39, 0.29) is 5.91 Å². The van der Waals surface area contributed by atoms with Crippen LogP contribution in [0.2, 0.25) is 5.02 Å². The molecule has 0 aliphatic carbocycles. The summed E-state index contributed by atoms with van der Waals surface area (Å²) in [6.07, 6.45) is 0.491. The summed E-state index contributed by atoms with van der Waals surface area (Å²) in [6.45, 7) is 3.77. The molecule has 0 fully saturated rings. The molecule has 4 rings (SSSR count). The first-order valence-corrected chi connectivity index (χ1v) is 14.1. The van der Waals surface area contributed by atoms with Crippen LogP contribution >= 0.6 is 23.4 Å². The van der Waals surface area contributed by atoms with E-state index in [1.54, 1.807) is 38.5 Å². The maximum Gasteiger partial charge on any atom is 0.238 e. The molecule has 1 aromatic heterocycles. The number of nitrogens with one attached hydrogen (secondary N) is 1. The van der Waals surface area contributed by atoms with Crippen molar-refractivity contribution < 1.29 is 19.0 Å². The van der Waals surface area contributed by atoms with Gasteiger partial charge in [-0.15, -0.1) is 0 Å². The molecular formula is C32H30ClN3O4S. The summed E-state index contributed by atoms with van der Waals surface area (Å²) in [5.74, 6) is 1.42. The van der Waals surface area contributed by atoms with Gasteiger partial charge in [-0.1, -0.05) is 60.6 Å². The molecule has 9 heteroatoms. The number of thioether (sulfide) groups is 1. The monoisotopic (exact) mass is 587 g/mol. The summed E-state index contributed by atoms with van der Waals surface area (Å²) >= 11 is 7.50. The maximum absolute atomic E-state index is 13.5. The van der Waals surface area contributed by atoms with Gasteiger partial charge in [-0.05, 0) is 49.2 Å². The van der Waals surface area contributed by atoms with Crippen molar-refractivity contribution in [1.29, 1.82) is 5.26 Å². The van der Waals surface area contributed by atoms with Gasteiger partial charge in [0.15, 0.2) is 0 Å². The van der Waals surface area contributed by atoms with Gasteiger partial charge in [0.2, 0.25) is 5.91 Å². The van der Waals surface area contributed by atoms with Gasteiger partial charge in [0.1, 0.15) is 28.3 Å². The van der Waals surface area contributed by atoms with Crippen LogP contribution in [0.5, 0.6) is 17.2 Å². The van der Waals surface area contributed by atoms with E-state index in [4.69, 9.17) is 30.8 Å². The molecule has 7 nitrogen and oxygen atoms in total. The Kier molecular flexibility index (Phi) is 9.77. The topological polar surface area (TPSA) is 93.5 Å². The summed E-state index contributed by atoms with van der Waals surface area (Å²) in [5.41, 5.74) is 4.52. The second kappa shape index (κ2) is 13.4. The van der Waals surface area contributed by atoms with Crippen molar-refractivity contribution in [2.75, 3.05) is 26.6 Å². The molecule has 0 aliphatic heterocycles. The first kappa shape index (κ1) is 29.8. The number of aromatic nitrogens is 1. The number of benzene rings is 3. The lowest BCUT2D eigenvalue weighted by atomic mass is 9.98. The normalized spacial score (nSPS) is 11.3. The summed E-state index contributed by atoms with van der Waals surface area (Å²) < 4.78 is 16.6. The van der Waals surface area contributed by atoms with Crippen LogP contribution in [0.4, 0.5) is 5.69 Å². The van der Waals surface area contributed by atoms with Gasteiger partial charge in [0, 0.05) is 27.8 Å². The van der Waals surface area contributed by atoms with Gasteiger partial charge in [-0.25, -0.2) is 4.98 Å². The van der Waals surface area contributed by atoms with Crippen molar-refractivity contribution in [1.82, 2.24) is 4.98 Å². The zero-order valence-corrected chi connectivity index (χ0v) is 25.0. The van der Waals surface area contributed by atoms with Crippen LogP contribution in [0.3, 0.4) is 0 Å². The Morgan fingerprint density at radius 1 is 1.00 bits per heavy atom. The van der Waals surface area contributed by atoms with E-state index in [0.29, 0.717) is 61.8 Å². The Morgan fingerprint density at radius 2 is 1.73 bits per heavy atom. The van der Waals surface area contributed by atoms with Gasteiger partial charge in [0.25, 0.3) is 0 Å². The van der Waals surface area contributed by atoms with Crippen LogP contribution in [0.25, 0.3) is 22.4 Å². The number of aryl methyl sites for hydroxylation is 1. The minimum atomic E-state index is -0.554. The highest BCUT2D eigenvalue weighted by atomic mass is 35.5. The van der Waals surface area contributed by atoms with Crippen LogP contribution in [0.1, 0.15) is 24.5 Å². The number of rotatable bonds is 10. The van der Waals surface area contributed by atoms with Crippen molar-refractivity contribution in [2.45, 2.75) is 30.5 Å². The number of halogens is 1. The fraction of sp³-hybridized carbons (Fsp3) is 0.219. The molecule has 1 atom stereocenters. The number of anilines is 1. The quantitative estimate of drug-likeness (QED) is 0.189. The third-order valence-electron chi connectivity index (χ3n) is 6.52. The second-order valence-corrected chi connectivity index (χ2v) is 10.7. The van der Waals surface area contributed by atoms with Crippen LogP contribution in [0.15, 0.2) is 71.8 Å². The third kappa shape index (κ3) is 6.59. The molecule has 0 spiro atoms. The minimum Gasteiger partial charge on any atom is -0.497 e. The summed E-state index contributed by atoms with van der Waals surface area (Å²) in [6, 6.07) is 22.8. The predicted molar refractivity (Wildman–Crippen MR) is 164 cm³/mol. The first-order valence-electron chi connectivity index (χ1n) is 12.9. The van der Waals surface area contributed by atoms with Gasteiger partial charge >= 0.3 is 0 Å². The molecule has 0 saturated carbocycles. The molecule has 1 unspecified atom stereocenters. The summed E-state index contributed by atoms with van der Waals surface area (Å²) in [4.78, 5) is 18.4. The Labute approximate surface area is 249 Å². The number of nitrogens with zero attached hydrogens (tertiary/aromatic N) is 2. The fourth-order valence-corrected chi connectivity index (χ4v) is 5.49. The molecule has 4 aromatic rings. The van der Waals surface area contributed by atoms with E-state index < -0.39 is 5.25 Å². The molecule has 0 saturated heterocycles. The van der Waals surface area contributed by atoms with Crippen LogP contribution in [-0.2, 0) is 4.79 Å². The average molecular weight is 588 g/mol. The molecule has 3 aromatic carbocycles. The third-order valence-corrected chi connectivity index (χ3v) is 8.28. The Balaban J connectivity index is 1.82. The van der Waals surface area contributed by atoms with Crippen molar-refractivity contribution >= 4 is 35.0 Å². The van der Waals surface area contributed by atoms with Crippen molar-refractivity contribution in [3.8, 4) is 45.7 Å². The number of methoxy groups -OCH3 is 3. The number of nitriles is 1. The smallest absolute Gasteiger partial charge is 0.238 e. The van der Waals surface area contributed by atoms with Crippen LogP contribution in [0, 0.1) is 18.3 Å². The van der Waals surface area contributed by atoms with Crippen molar-refractivity contribution in [3.05, 3.63) is 82.9 Å². The highest BCUT2D eigenvalue weighted by molar-refractivity contribution is 8.00. The number of carbonyl (C=O) groups is 1. The summed E-state index contributed by atoms with van der Waals surface area (Å²) in [7, 11) is 4.69. The standard InChI is InChI=1S/C32H30ClN3O4S/c1-6-30(31(37)35-27-14-19(2)25(33)17-29(27)40-5)41-32-24(18-34)22(16-26(36-32)20-10-8-7-9-11-20)23-15-21(38-3)12-13-28(23)39-4/h7-17,30H,6H2,1-5H3,(H,35,37). The zero-order valence-electron chi connectivity index (χ0n) is 23.4. The first-order chi connectivity index (χ1) is 19.8. The van der Waals surface area contributed by atoms with E-state index in [0.717, 1.165) is 11.1 Å². The molecule has 0 bridgehead atoms. The maximum atomic E-state index is 13.5. The number of hydrogen-bond donors (Lipinski definition) is 1. The highest BCUT2D eigenvalue weighted by Crippen LogP contribution is 2.41. The van der Waals surface area contributed by atoms with Crippen molar-refractivity contribution in [3.63, 3.8) is 0 Å². The van der Waals surface area contributed by atoms with E-state index >= 15 is 0 Å². The van der Waals surface area contributed by atoms with Gasteiger partial charge in [0.05, 0.1) is 43.5 Å². The lowest BCUT2D eigenvalue weighted by Gasteiger charge is -2.19. The zero-order chi connectivity index (χ0) is 29.5. The minimum absolute atomic E-state index is 0.242. The Morgan fingerprint density at radius 3 is 2.37 bits per heavy atom. The number of pyridine rings is 1. The van der Waals surface area contributed by atoms with Gasteiger partial charge in [-0.2, -0.15) is 5.26 Å². The molecule has 210 valence electrons. The SMILES string of the molecule is CCC(Sc1nc(-c2ccccc2)cc(-c2cc(OC)ccc2OC)c1C#N)C(=O)Nc1cc(C)c(Cl)cc1OC. The molecule has 1 N–H and O–H groups in total. The lowest BCUT2D eigenvalue weighted by Crippen LogP contribution is -2.25. The number of amides is 1. The molecule has 1 amide bonds. The van der Waals surface area contributed by atoms with E-state index in [1.165, 1.54) is 18.9 Å². The predicted octanol–water partition coefficient (Wildman–Crippen LogP) is 7.78. The van der Waals surface area contributed by atoms with E-state index in [9.17, 15) is 10.1 Å². The second-order valence-electron chi connectivity index (χ2n) is 9.08. The largest absolute Gasteiger partial charge is 0.497 e. The lowest BCUT2D eigenvalue weighted by molar-refractivity contribution is -0.115. The van der Waals surface area contributed by atoms with E-state index in [1.807, 2.05) is 56.3 Å². The van der Waals surface area contributed by atoms with Crippen LogP contribution < -0.4 is 19.5 Å². The van der Waals surface area contributed by atoms with Crippen molar-refractivity contribution in [2.24, 2.45) is 0 Å². The summed E-state index contributed by atoms with van der Waals surface area (Å²) in [5, 5.41) is 13.8. The number of carbonyl (C=O) groups excluding carboxylic acids is 1. The Hall–Kier alpha value is -4.19. The highest BCUT2D eigenvalue weighted by Gasteiger charge is 2.25. The number of ether oxygens (including phenoxy) is 3. The van der Waals surface area contributed by atoms with Gasteiger partial charge < -0.3 is 19.5 Å². The fourth-order valence-electron chi connectivity index (χ4n) is 4.31. The molecule has 0 radical (unpaired) electrons. The van der Waals surface area contributed by atoms with E-state index in [2.05, 4.69) is 11.4 Å². The molecule has 1 heterocycles. The molecule has 0 aliphatic rings. The molecule has 41 heavy (non-hydrogen) atoms. The van der Waals surface area contributed by atoms with Crippen LogP contribution in [-0.4, -0.2) is 37.5 Å². The Bertz CT molecular complexity index is 1610. The molecular weight excluding hydrogens is 558 g/mol. The number of hydrogen-bond acceptors (Lipinski definition) is 7. The van der Waals surface area contributed by atoms with Gasteiger partial charge in [-0.3, -0.25) is 4.79 Å². The average Bonchev–Trinajstić information content (AvgIpc) is 3.00.